The number of rotatable bonds is 5. The number of hydrogen-bond donors (Lipinski definition) is 2. The third kappa shape index (κ3) is 3.08. The van der Waals surface area contributed by atoms with E-state index in [0.717, 1.165) is 12.8 Å². The monoisotopic (exact) mass is 224 g/mol. The van der Waals surface area contributed by atoms with Crippen LogP contribution >= 0.6 is 0 Å². The van der Waals surface area contributed by atoms with Crippen LogP contribution in [-0.2, 0) is 0 Å². The highest BCUT2D eigenvalue weighted by molar-refractivity contribution is 5.08. The van der Waals surface area contributed by atoms with E-state index in [1.54, 1.807) is 6.92 Å². The van der Waals surface area contributed by atoms with Crippen LogP contribution in [0.15, 0.2) is 0 Å². The highest BCUT2D eigenvalue weighted by Crippen LogP contribution is 2.48. The van der Waals surface area contributed by atoms with Gasteiger partial charge in [0.2, 0.25) is 0 Å². The molecular formula is C10H19F3N2. The average Bonchev–Trinajstić information content (AvgIpc) is 2.79. The molecule has 0 heterocycles. The molecule has 1 fully saturated rings. The maximum Gasteiger partial charge on any atom is 0.406 e. The second kappa shape index (κ2) is 3.94. The Morgan fingerprint density at radius 3 is 2.20 bits per heavy atom. The molecule has 0 aliphatic heterocycles. The smallest absolute Gasteiger partial charge is 0.324 e. The molecule has 1 aliphatic carbocycles. The van der Waals surface area contributed by atoms with Crippen LogP contribution in [0.1, 0.15) is 39.5 Å². The van der Waals surface area contributed by atoms with E-state index < -0.39 is 17.3 Å². The van der Waals surface area contributed by atoms with Crippen molar-refractivity contribution in [3.8, 4) is 0 Å². The minimum absolute atomic E-state index is 0.179. The summed E-state index contributed by atoms with van der Waals surface area (Å²) >= 11 is 0. The van der Waals surface area contributed by atoms with Gasteiger partial charge in [0, 0.05) is 12.1 Å². The Kier molecular flexibility index (Phi) is 3.36. The fraction of sp³-hybridized carbons (Fsp3) is 1.00. The average molecular weight is 224 g/mol. The molecule has 3 N–H and O–H groups in total. The lowest BCUT2D eigenvalue weighted by atomic mass is 9.97. The van der Waals surface area contributed by atoms with E-state index in [0.29, 0.717) is 0 Å². The van der Waals surface area contributed by atoms with Crippen molar-refractivity contribution in [1.29, 1.82) is 0 Å². The van der Waals surface area contributed by atoms with Gasteiger partial charge in [-0.2, -0.15) is 13.2 Å². The van der Waals surface area contributed by atoms with Crippen molar-refractivity contribution in [3.05, 3.63) is 0 Å². The Morgan fingerprint density at radius 2 is 1.87 bits per heavy atom. The molecular weight excluding hydrogens is 205 g/mol. The molecule has 90 valence electrons. The first kappa shape index (κ1) is 12.8. The predicted octanol–water partition coefficient (Wildman–Crippen LogP) is 2.19. The lowest BCUT2D eigenvalue weighted by molar-refractivity contribution is -0.166. The molecule has 0 amide bonds. The Balaban J connectivity index is 2.44. The van der Waals surface area contributed by atoms with E-state index in [4.69, 9.17) is 5.73 Å². The second-order valence-corrected chi connectivity index (χ2v) is 4.84. The summed E-state index contributed by atoms with van der Waals surface area (Å²) < 4.78 is 37.7. The topological polar surface area (TPSA) is 38.0 Å². The standard InChI is InChI=1S/C10H19F3N2/c1-3-4-8(2,14)7-15-9(5-6-9)10(11,12)13/h15H,3-7,14H2,1-2H3. The van der Waals surface area contributed by atoms with Crippen LogP contribution in [0.4, 0.5) is 13.2 Å². The van der Waals surface area contributed by atoms with E-state index in [1.165, 1.54) is 0 Å². The molecule has 0 radical (unpaired) electrons. The van der Waals surface area contributed by atoms with Crippen LogP contribution in [0.2, 0.25) is 0 Å². The molecule has 1 atom stereocenters. The van der Waals surface area contributed by atoms with Crippen LogP contribution in [0.25, 0.3) is 0 Å². The SMILES string of the molecule is CCCC(C)(N)CNC1(C(F)(F)F)CC1. The fourth-order valence-corrected chi connectivity index (χ4v) is 1.72. The first-order valence-corrected chi connectivity index (χ1v) is 5.33. The molecule has 2 nitrogen and oxygen atoms in total. The number of nitrogens with two attached hydrogens (primary N) is 1. The molecule has 1 rings (SSSR count). The summed E-state index contributed by atoms with van der Waals surface area (Å²) in [6.07, 6.45) is -2.17. The van der Waals surface area contributed by atoms with Crippen LogP contribution < -0.4 is 11.1 Å². The Hall–Kier alpha value is -0.290. The van der Waals surface area contributed by atoms with Crippen LogP contribution in [0, 0.1) is 0 Å². The molecule has 1 saturated carbocycles. The summed E-state index contributed by atoms with van der Waals surface area (Å²) in [5.41, 5.74) is 3.69. The van der Waals surface area contributed by atoms with Gasteiger partial charge in [-0.15, -0.1) is 0 Å². The van der Waals surface area contributed by atoms with Gasteiger partial charge in [-0.3, -0.25) is 0 Å². The van der Waals surface area contributed by atoms with Gasteiger partial charge in [0.05, 0.1) is 0 Å². The summed E-state index contributed by atoms with van der Waals surface area (Å²) in [5, 5.41) is 2.59. The Bertz CT molecular complexity index is 219. The third-order valence-corrected chi connectivity index (χ3v) is 2.94. The highest BCUT2D eigenvalue weighted by atomic mass is 19.4. The zero-order valence-electron chi connectivity index (χ0n) is 9.25. The van der Waals surface area contributed by atoms with Crippen LogP contribution in [-0.4, -0.2) is 23.8 Å². The van der Waals surface area contributed by atoms with Gasteiger partial charge < -0.3 is 11.1 Å². The van der Waals surface area contributed by atoms with Crippen molar-refractivity contribution in [3.63, 3.8) is 0 Å². The lowest BCUT2D eigenvalue weighted by Crippen LogP contribution is -2.54. The number of hydrogen-bond acceptors (Lipinski definition) is 2. The van der Waals surface area contributed by atoms with Gasteiger partial charge >= 0.3 is 6.18 Å². The van der Waals surface area contributed by atoms with E-state index in [1.807, 2.05) is 6.92 Å². The van der Waals surface area contributed by atoms with Crippen molar-refractivity contribution in [2.45, 2.75) is 56.8 Å². The first-order chi connectivity index (χ1) is 6.72. The second-order valence-electron chi connectivity index (χ2n) is 4.84. The maximum atomic E-state index is 12.6. The molecule has 0 saturated heterocycles. The molecule has 0 aromatic carbocycles. The van der Waals surface area contributed by atoms with Gasteiger partial charge in [-0.1, -0.05) is 13.3 Å². The molecule has 0 bridgehead atoms. The van der Waals surface area contributed by atoms with Crippen molar-refractivity contribution in [2.24, 2.45) is 5.73 Å². The van der Waals surface area contributed by atoms with E-state index in [2.05, 4.69) is 5.32 Å². The molecule has 15 heavy (non-hydrogen) atoms. The zero-order valence-corrected chi connectivity index (χ0v) is 9.25. The largest absolute Gasteiger partial charge is 0.406 e. The summed E-state index contributed by atoms with van der Waals surface area (Å²) in [7, 11) is 0. The number of nitrogens with one attached hydrogen (secondary N) is 1. The van der Waals surface area contributed by atoms with Crippen molar-refractivity contribution in [1.82, 2.24) is 5.32 Å². The molecule has 0 aromatic heterocycles. The number of alkyl halides is 3. The Morgan fingerprint density at radius 1 is 1.33 bits per heavy atom. The summed E-state index contributed by atoms with van der Waals surface area (Å²) in [4.78, 5) is 0. The molecule has 0 aromatic rings. The third-order valence-electron chi connectivity index (χ3n) is 2.94. The minimum Gasteiger partial charge on any atom is -0.324 e. The first-order valence-electron chi connectivity index (χ1n) is 5.33. The zero-order chi connectivity index (χ0) is 11.7. The number of halogens is 3. The van der Waals surface area contributed by atoms with E-state index >= 15 is 0 Å². The quantitative estimate of drug-likeness (QED) is 0.751. The van der Waals surface area contributed by atoms with Crippen molar-refractivity contribution >= 4 is 0 Å². The summed E-state index contributed by atoms with van der Waals surface area (Å²) in [6, 6.07) is 0. The van der Waals surface area contributed by atoms with Gasteiger partial charge in [-0.25, -0.2) is 0 Å². The summed E-state index contributed by atoms with van der Waals surface area (Å²) in [6.45, 7) is 3.98. The normalized spacial score (nSPS) is 23.6. The van der Waals surface area contributed by atoms with E-state index in [-0.39, 0.29) is 19.4 Å². The fourth-order valence-electron chi connectivity index (χ4n) is 1.72. The van der Waals surface area contributed by atoms with Crippen molar-refractivity contribution < 1.29 is 13.2 Å². The summed E-state index contributed by atoms with van der Waals surface area (Å²) in [5.74, 6) is 0. The molecule has 1 unspecified atom stereocenters. The van der Waals surface area contributed by atoms with Crippen molar-refractivity contribution in [2.75, 3.05) is 6.54 Å². The van der Waals surface area contributed by atoms with Gasteiger partial charge in [-0.05, 0) is 26.2 Å². The predicted molar refractivity (Wildman–Crippen MR) is 53.5 cm³/mol. The highest BCUT2D eigenvalue weighted by Gasteiger charge is 2.63. The molecule has 5 heteroatoms. The lowest BCUT2D eigenvalue weighted by Gasteiger charge is -2.29. The van der Waals surface area contributed by atoms with Crippen LogP contribution in [0.3, 0.4) is 0 Å². The Labute approximate surface area is 88.4 Å². The van der Waals surface area contributed by atoms with Crippen LogP contribution in [0.5, 0.6) is 0 Å². The maximum absolute atomic E-state index is 12.6. The van der Waals surface area contributed by atoms with Gasteiger partial charge in [0.15, 0.2) is 0 Å². The molecule has 1 aliphatic rings. The van der Waals surface area contributed by atoms with Gasteiger partial charge in [0.1, 0.15) is 5.54 Å². The molecule has 0 spiro atoms. The van der Waals surface area contributed by atoms with Gasteiger partial charge in [0.25, 0.3) is 0 Å². The van der Waals surface area contributed by atoms with E-state index in [9.17, 15) is 13.2 Å². The minimum atomic E-state index is -4.14.